The maximum absolute atomic E-state index is 11.1. The highest BCUT2D eigenvalue weighted by Gasteiger charge is 2.22. The molecule has 2 atom stereocenters. The zero-order valence-corrected chi connectivity index (χ0v) is 11.2. The van der Waals surface area contributed by atoms with Crippen molar-refractivity contribution < 1.29 is 9.53 Å². The van der Waals surface area contributed by atoms with Gasteiger partial charge in [0.15, 0.2) is 5.78 Å². The predicted molar refractivity (Wildman–Crippen MR) is 70.9 cm³/mol. The van der Waals surface area contributed by atoms with Gasteiger partial charge in [-0.05, 0) is 38.2 Å². The van der Waals surface area contributed by atoms with Crippen LogP contribution in [0.25, 0.3) is 0 Å². The third kappa shape index (κ3) is 3.31. The van der Waals surface area contributed by atoms with Crippen molar-refractivity contribution in [3.8, 4) is 5.88 Å². The molecule has 1 saturated carbocycles. The summed E-state index contributed by atoms with van der Waals surface area (Å²) in [6.45, 7) is 3.79. The van der Waals surface area contributed by atoms with Gasteiger partial charge in [-0.1, -0.05) is 19.8 Å². The van der Waals surface area contributed by atoms with Gasteiger partial charge < -0.3 is 4.74 Å². The molecule has 0 amide bonds. The summed E-state index contributed by atoms with van der Waals surface area (Å²) >= 11 is 0. The Labute approximate surface area is 109 Å². The summed E-state index contributed by atoms with van der Waals surface area (Å²) in [5, 5.41) is 0. The van der Waals surface area contributed by atoms with Crippen molar-refractivity contribution in [3.05, 3.63) is 23.9 Å². The number of pyridine rings is 1. The lowest BCUT2D eigenvalue weighted by Crippen LogP contribution is -2.25. The summed E-state index contributed by atoms with van der Waals surface area (Å²) in [4.78, 5) is 15.3. The van der Waals surface area contributed by atoms with E-state index in [1.807, 2.05) is 0 Å². The summed E-state index contributed by atoms with van der Waals surface area (Å²) in [7, 11) is 0. The smallest absolute Gasteiger partial charge is 0.213 e. The highest BCUT2D eigenvalue weighted by Crippen LogP contribution is 2.29. The Morgan fingerprint density at radius 3 is 2.89 bits per heavy atom. The average Bonchev–Trinajstić information content (AvgIpc) is 2.39. The molecule has 2 rings (SSSR count). The first-order chi connectivity index (χ1) is 8.69. The maximum Gasteiger partial charge on any atom is 0.213 e. The van der Waals surface area contributed by atoms with Gasteiger partial charge in [-0.3, -0.25) is 4.79 Å². The van der Waals surface area contributed by atoms with Gasteiger partial charge in [-0.2, -0.15) is 0 Å². The molecule has 0 aliphatic heterocycles. The molecule has 0 aromatic carbocycles. The quantitative estimate of drug-likeness (QED) is 0.763. The van der Waals surface area contributed by atoms with Gasteiger partial charge in [0.25, 0.3) is 0 Å². The number of carbonyl (C=O) groups is 1. The first kappa shape index (κ1) is 13.1. The highest BCUT2D eigenvalue weighted by molar-refractivity contribution is 5.93. The molecule has 0 N–H and O–H groups in total. The van der Waals surface area contributed by atoms with Crippen LogP contribution in [0.3, 0.4) is 0 Å². The predicted octanol–water partition coefficient (Wildman–Crippen LogP) is 3.63. The zero-order valence-electron chi connectivity index (χ0n) is 11.2. The molecule has 18 heavy (non-hydrogen) atoms. The van der Waals surface area contributed by atoms with Crippen molar-refractivity contribution >= 4 is 5.78 Å². The Hall–Kier alpha value is -1.38. The number of hydrogen-bond acceptors (Lipinski definition) is 3. The number of aromatic nitrogens is 1. The minimum atomic E-state index is 0.0396. The van der Waals surface area contributed by atoms with Crippen molar-refractivity contribution in [2.75, 3.05) is 0 Å². The van der Waals surface area contributed by atoms with Crippen LogP contribution in [0.4, 0.5) is 0 Å². The largest absolute Gasteiger partial charge is 0.474 e. The number of ketones is 1. The molecule has 0 bridgehead atoms. The van der Waals surface area contributed by atoms with Crippen LogP contribution in [0.2, 0.25) is 0 Å². The molecule has 1 aliphatic rings. The third-order valence-electron chi connectivity index (χ3n) is 3.74. The molecule has 1 aromatic rings. The molecule has 0 spiro atoms. The van der Waals surface area contributed by atoms with Crippen molar-refractivity contribution in [3.63, 3.8) is 0 Å². The number of Topliss-reactive ketones (excluding diaryl/α,β-unsaturated/α-hetero) is 1. The summed E-state index contributed by atoms with van der Waals surface area (Å²) in [6, 6.07) is 3.58. The molecule has 2 unspecified atom stereocenters. The normalized spacial score (nSPS) is 23.7. The van der Waals surface area contributed by atoms with Crippen molar-refractivity contribution in [1.82, 2.24) is 4.98 Å². The topological polar surface area (TPSA) is 39.2 Å². The molecule has 3 nitrogen and oxygen atoms in total. The van der Waals surface area contributed by atoms with Crippen LogP contribution in [0.1, 0.15) is 56.3 Å². The number of carbonyl (C=O) groups excluding carboxylic acids is 1. The van der Waals surface area contributed by atoms with Crippen LogP contribution in [0.15, 0.2) is 18.3 Å². The standard InChI is InChI=1S/C15H21NO2/c1-3-12-5-4-6-14(9-12)18-15-8-7-13(10-16-15)11(2)17/h7-8,10,12,14H,3-6,9H2,1-2H3. The van der Waals surface area contributed by atoms with Gasteiger partial charge in [-0.25, -0.2) is 4.98 Å². The van der Waals surface area contributed by atoms with Gasteiger partial charge in [0, 0.05) is 17.8 Å². The Kier molecular flexibility index (Phi) is 4.34. The van der Waals surface area contributed by atoms with E-state index in [2.05, 4.69) is 11.9 Å². The average molecular weight is 247 g/mol. The van der Waals surface area contributed by atoms with E-state index < -0.39 is 0 Å². The fourth-order valence-corrected chi connectivity index (χ4v) is 2.55. The minimum absolute atomic E-state index is 0.0396. The van der Waals surface area contributed by atoms with Crippen LogP contribution >= 0.6 is 0 Å². The van der Waals surface area contributed by atoms with Crippen LogP contribution in [-0.4, -0.2) is 16.9 Å². The molecule has 3 heteroatoms. The fourth-order valence-electron chi connectivity index (χ4n) is 2.55. The summed E-state index contributed by atoms with van der Waals surface area (Å²) in [5.41, 5.74) is 0.637. The van der Waals surface area contributed by atoms with Gasteiger partial charge in [0.1, 0.15) is 6.10 Å². The second-order valence-corrected chi connectivity index (χ2v) is 5.12. The Morgan fingerprint density at radius 2 is 2.28 bits per heavy atom. The maximum atomic E-state index is 11.1. The Morgan fingerprint density at radius 1 is 1.44 bits per heavy atom. The van der Waals surface area contributed by atoms with E-state index in [-0.39, 0.29) is 5.78 Å². The first-order valence-electron chi connectivity index (χ1n) is 6.82. The van der Waals surface area contributed by atoms with Gasteiger partial charge in [0.05, 0.1) is 0 Å². The first-order valence-corrected chi connectivity index (χ1v) is 6.82. The summed E-state index contributed by atoms with van der Waals surface area (Å²) in [5.74, 6) is 1.47. The molecule has 1 heterocycles. The van der Waals surface area contributed by atoms with E-state index in [0.717, 1.165) is 18.8 Å². The lowest BCUT2D eigenvalue weighted by Gasteiger charge is -2.28. The molecular formula is C15H21NO2. The van der Waals surface area contributed by atoms with Crippen molar-refractivity contribution in [2.24, 2.45) is 5.92 Å². The van der Waals surface area contributed by atoms with E-state index in [9.17, 15) is 4.79 Å². The third-order valence-corrected chi connectivity index (χ3v) is 3.74. The van der Waals surface area contributed by atoms with Crippen molar-refractivity contribution in [1.29, 1.82) is 0 Å². The van der Waals surface area contributed by atoms with E-state index in [0.29, 0.717) is 17.5 Å². The summed E-state index contributed by atoms with van der Waals surface area (Å²) < 4.78 is 5.90. The minimum Gasteiger partial charge on any atom is -0.474 e. The molecule has 98 valence electrons. The lowest BCUT2D eigenvalue weighted by atomic mass is 9.85. The zero-order chi connectivity index (χ0) is 13.0. The van der Waals surface area contributed by atoms with E-state index >= 15 is 0 Å². The lowest BCUT2D eigenvalue weighted by molar-refractivity contribution is 0.101. The molecule has 0 saturated heterocycles. The SMILES string of the molecule is CCC1CCCC(Oc2ccc(C(C)=O)cn2)C1. The Bertz CT molecular complexity index is 399. The molecule has 1 fully saturated rings. The van der Waals surface area contributed by atoms with Crippen molar-refractivity contribution in [2.45, 2.75) is 52.1 Å². The summed E-state index contributed by atoms with van der Waals surface area (Å²) in [6.07, 6.45) is 7.94. The molecular weight excluding hydrogens is 226 g/mol. The van der Waals surface area contributed by atoms with Crippen LogP contribution in [-0.2, 0) is 0 Å². The van der Waals surface area contributed by atoms with Crippen LogP contribution in [0, 0.1) is 5.92 Å². The molecule has 0 radical (unpaired) electrons. The Balaban J connectivity index is 1.94. The highest BCUT2D eigenvalue weighted by atomic mass is 16.5. The fraction of sp³-hybridized carbons (Fsp3) is 0.600. The van der Waals surface area contributed by atoms with Gasteiger partial charge in [-0.15, -0.1) is 0 Å². The number of nitrogens with zero attached hydrogens (tertiary/aromatic N) is 1. The second-order valence-electron chi connectivity index (χ2n) is 5.12. The van der Waals surface area contributed by atoms with E-state index in [4.69, 9.17) is 4.74 Å². The molecule has 1 aromatic heterocycles. The van der Waals surface area contributed by atoms with Gasteiger partial charge in [0.2, 0.25) is 5.88 Å². The van der Waals surface area contributed by atoms with Crippen LogP contribution < -0.4 is 4.74 Å². The second kappa shape index (κ2) is 5.98. The number of ether oxygens (including phenoxy) is 1. The number of rotatable bonds is 4. The van der Waals surface area contributed by atoms with E-state index in [1.165, 1.54) is 19.3 Å². The van der Waals surface area contributed by atoms with Gasteiger partial charge >= 0.3 is 0 Å². The molecule has 1 aliphatic carbocycles. The number of hydrogen-bond donors (Lipinski definition) is 0. The van der Waals surface area contributed by atoms with E-state index in [1.54, 1.807) is 25.3 Å². The van der Waals surface area contributed by atoms with Crippen LogP contribution in [0.5, 0.6) is 5.88 Å². The monoisotopic (exact) mass is 247 g/mol.